The highest BCUT2D eigenvalue weighted by atomic mass is 35.5. The Morgan fingerprint density at radius 1 is 1.28 bits per heavy atom. The number of halogens is 2. The van der Waals surface area contributed by atoms with Crippen LogP contribution in [0.1, 0.15) is 16.0 Å². The third-order valence-corrected chi connectivity index (χ3v) is 4.65. The van der Waals surface area contributed by atoms with Crippen molar-refractivity contribution in [1.29, 1.82) is 0 Å². The smallest absolute Gasteiger partial charge is 0.187 e. The van der Waals surface area contributed by atoms with E-state index in [0.29, 0.717) is 11.0 Å². The zero-order valence-corrected chi connectivity index (χ0v) is 12.6. The third-order valence-electron chi connectivity index (χ3n) is 2.63. The lowest BCUT2D eigenvalue weighted by Gasteiger charge is -2.15. The van der Waals surface area contributed by atoms with Crippen LogP contribution in [0.4, 0.5) is 5.13 Å². The van der Waals surface area contributed by atoms with Crippen molar-refractivity contribution in [2.75, 3.05) is 11.9 Å². The number of hydrogen-bond donors (Lipinski definition) is 0. The van der Waals surface area contributed by atoms with Crippen LogP contribution in [0, 0.1) is 6.92 Å². The van der Waals surface area contributed by atoms with Gasteiger partial charge in [-0.15, -0.1) is 11.6 Å². The molecule has 0 aliphatic carbocycles. The molecule has 0 bridgehead atoms. The molecule has 0 radical (unpaired) electrons. The summed E-state index contributed by atoms with van der Waals surface area (Å²) in [6.07, 6.45) is 0. The minimum atomic E-state index is 0.412. The van der Waals surface area contributed by atoms with E-state index in [0.717, 1.165) is 16.6 Å². The van der Waals surface area contributed by atoms with Crippen LogP contribution in [0.5, 0.6) is 0 Å². The molecule has 0 saturated carbocycles. The van der Waals surface area contributed by atoms with Gasteiger partial charge in [-0.3, -0.25) is 0 Å². The summed E-state index contributed by atoms with van der Waals surface area (Å²) in [6.45, 7) is 2.90. The summed E-state index contributed by atoms with van der Waals surface area (Å²) in [5, 5.41) is 1.41. The Kier molecular flexibility index (Phi) is 4.49. The van der Waals surface area contributed by atoms with Crippen molar-refractivity contribution in [3.63, 3.8) is 0 Å². The van der Waals surface area contributed by atoms with Crippen LogP contribution in [0.15, 0.2) is 24.3 Å². The van der Waals surface area contributed by atoms with Crippen molar-refractivity contribution in [1.82, 2.24) is 4.98 Å². The first-order chi connectivity index (χ1) is 8.60. The summed E-state index contributed by atoms with van der Waals surface area (Å²) in [5.41, 5.74) is 2.52. The second kappa shape index (κ2) is 5.91. The van der Waals surface area contributed by atoms with E-state index in [1.54, 1.807) is 11.3 Å². The van der Waals surface area contributed by atoms with Gasteiger partial charge < -0.3 is 4.90 Å². The molecule has 1 aromatic carbocycles. The molecule has 0 spiro atoms. The molecule has 0 saturated heterocycles. The zero-order valence-electron chi connectivity index (χ0n) is 10.3. The lowest BCUT2D eigenvalue weighted by molar-refractivity contribution is 0.914. The minimum Gasteiger partial charge on any atom is -0.347 e. The van der Waals surface area contributed by atoms with Crippen LogP contribution in [0.3, 0.4) is 0 Å². The Hall–Kier alpha value is -0.770. The average molecular weight is 301 g/mol. The van der Waals surface area contributed by atoms with Crippen LogP contribution in [0.25, 0.3) is 0 Å². The molecule has 1 heterocycles. The molecule has 0 atom stereocenters. The summed E-state index contributed by atoms with van der Waals surface area (Å²) < 4.78 is 0. The summed E-state index contributed by atoms with van der Waals surface area (Å²) in [7, 11) is 2.01. The maximum atomic E-state index is 6.00. The van der Waals surface area contributed by atoms with Gasteiger partial charge in [-0.05, 0) is 12.5 Å². The molecular weight excluding hydrogens is 287 g/mol. The van der Waals surface area contributed by atoms with E-state index < -0.39 is 0 Å². The molecule has 0 aliphatic heterocycles. The van der Waals surface area contributed by atoms with E-state index in [4.69, 9.17) is 23.2 Å². The van der Waals surface area contributed by atoms with Gasteiger partial charge in [0, 0.05) is 13.6 Å². The highest BCUT2D eigenvalue weighted by Crippen LogP contribution is 2.30. The first-order valence-electron chi connectivity index (χ1n) is 5.58. The van der Waals surface area contributed by atoms with Gasteiger partial charge in [0.15, 0.2) is 5.13 Å². The van der Waals surface area contributed by atoms with Gasteiger partial charge in [-0.25, -0.2) is 4.98 Å². The van der Waals surface area contributed by atoms with Crippen LogP contribution < -0.4 is 4.90 Å². The minimum absolute atomic E-state index is 0.412. The summed E-state index contributed by atoms with van der Waals surface area (Å²) in [4.78, 5) is 7.32. The first kappa shape index (κ1) is 13.7. The molecule has 0 unspecified atom stereocenters. The number of alkyl halides is 1. The van der Waals surface area contributed by atoms with E-state index in [9.17, 15) is 0 Å². The van der Waals surface area contributed by atoms with E-state index in [1.807, 2.05) is 7.05 Å². The lowest BCUT2D eigenvalue weighted by Crippen LogP contribution is -2.15. The van der Waals surface area contributed by atoms with Gasteiger partial charge >= 0.3 is 0 Å². The molecule has 1 aromatic heterocycles. The van der Waals surface area contributed by atoms with Gasteiger partial charge in [0.2, 0.25) is 0 Å². The molecule has 5 heteroatoms. The number of anilines is 1. The highest BCUT2D eigenvalue weighted by molar-refractivity contribution is 7.16. The zero-order chi connectivity index (χ0) is 13.1. The third kappa shape index (κ3) is 3.16. The monoisotopic (exact) mass is 300 g/mol. The van der Waals surface area contributed by atoms with E-state index >= 15 is 0 Å². The van der Waals surface area contributed by atoms with Crippen molar-refractivity contribution >= 4 is 39.7 Å². The fourth-order valence-corrected chi connectivity index (χ4v) is 3.04. The molecule has 96 valence electrons. The largest absolute Gasteiger partial charge is 0.347 e. The van der Waals surface area contributed by atoms with Crippen LogP contribution in [-0.2, 0) is 12.4 Å². The maximum absolute atomic E-state index is 6.00. The molecule has 2 rings (SSSR count). The second-order valence-corrected chi connectivity index (χ2v) is 5.87. The predicted molar refractivity (Wildman–Crippen MR) is 80.0 cm³/mol. The summed E-state index contributed by atoms with van der Waals surface area (Å²) in [6, 6.07) is 8.48. The number of thiazole rings is 1. The molecule has 18 heavy (non-hydrogen) atoms. The number of benzene rings is 1. The Morgan fingerprint density at radius 2 is 1.94 bits per heavy atom. The first-order valence-corrected chi connectivity index (χ1v) is 7.31. The van der Waals surface area contributed by atoms with Crippen LogP contribution in [-0.4, -0.2) is 12.0 Å². The number of hydrogen-bond acceptors (Lipinski definition) is 3. The maximum Gasteiger partial charge on any atom is 0.187 e. The Bertz CT molecular complexity index is 522. The molecule has 0 amide bonds. The van der Waals surface area contributed by atoms with Gasteiger partial charge in [-0.2, -0.15) is 0 Å². The lowest BCUT2D eigenvalue weighted by atomic mass is 10.1. The Labute approximate surface area is 121 Å². The summed E-state index contributed by atoms with van der Waals surface area (Å²) >= 11 is 13.3. The molecule has 2 aromatic rings. The van der Waals surface area contributed by atoms with Crippen molar-refractivity contribution in [2.24, 2.45) is 0 Å². The fraction of sp³-hybridized carbons (Fsp3) is 0.308. The Balaban J connectivity index is 2.11. The normalized spacial score (nSPS) is 10.7. The van der Waals surface area contributed by atoms with Crippen LogP contribution >= 0.6 is 34.5 Å². The number of aryl methyl sites for hydroxylation is 1. The molecule has 0 fully saturated rings. The summed E-state index contributed by atoms with van der Waals surface area (Å²) in [5.74, 6) is 0.412. The second-order valence-electron chi connectivity index (χ2n) is 4.19. The Morgan fingerprint density at radius 3 is 2.50 bits per heavy atom. The van der Waals surface area contributed by atoms with Gasteiger partial charge in [-0.1, -0.05) is 52.8 Å². The topological polar surface area (TPSA) is 16.1 Å². The van der Waals surface area contributed by atoms with Crippen molar-refractivity contribution in [3.8, 4) is 0 Å². The van der Waals surface area contributed by atoms with Crippen molar-refractivity contribution in [2.45, 2.75) is 19.3 Å². The molecule has 2 nitrogen and oxygen atoms in total. The number of rotatable bonds is 4. The van der Waals surface area contributed by atoms with E-state index in [1.165, 1.54) is 11.1 Å². The van der Waals surface area contributed by atoms with Gasteiger partial charge in [0.1, 0.15) is 5.15 Å². The average Bonchev–Trinajstić information content (AvgIpc) is 2.73. The van der Waals surface area contributed by atoms with Crippen molar-refractivity contribution in [3.05, 3.63) is 45.4 Å². The molecule has 0 aliphatic rings. The molecular formula is C13H14Cl2N2S. The number of nitrogens with zero attached hydrogens (tertiary/aromatic N) is 2. The predicted octanol–water partition coefficient (Wildman–Crippen LogP) is 4.48. The van der Waals surface area contributed by atoms with E-state index in [-0.39, 0.29) is 0 Å². The number of aromatic nitrogens is 1. The van der Waals surface area contributed by atoms with E-state index in [2.05, 4.69) is 41.1 Å². The van der Waals surface area contributed by atoms with Crippen LogP contribution in [0.2, 0.25) is 5.15 Å². The SMILES string of the molecule is Cc1ccc(CN(C)c2nc(Cl)c(CCl)s2)cc1. The fourth-order valence-electron chi connectivity index (χ4n) is 1.60. The standard InChI is InChI=1S/C13H14Cl2N2S/c1-9-3-5-10(6-4-9)8-17(2)13-16-12(15)11(7-14)18-13/h3-6H,7-8H2,1-2H3. The van der Waals surface area contributed by atoms with Gasteiger partial charge in [0.25, 0.3) is 0 Å². The molecule has 0 N–H and O–H groups in total. The van der Waals surface area contributed by atoms with Gasteiger partial charge in [0.05, 0.1) is 10.8 Å². The van der Waals surface area contributed by atoms with Crippen molar-refractivity contribution < 1.29 is 0 Å². The quantitative estimate of drug-likeness (QED) is 0.774. The highest BCUT2D eigenvalue weighted by Gasteiger charge is 2.12.